The van der Waals surface area contributed by atoms with E-state index in [9.17, 15) is 14.7 Å². The van der Waals surface area contributed by atoms with Gasteiger partial charge in [-0.1, -0.05) is 24.3 Å². The van der Waals surface area contributed by atoms with Crippen molar-refractivity contribution in [2.45, 2.75) is 19.4 Å². The number of amides is 1. The van der Waals surface area contributed by atoms with Crippen LogP contribution in [0.3, 0.4) is 0 Å². The van der Waals surface area contributed by atoms with E-state index in [-0.39, 0.29) is 5.91 Å². The maximum Gasteiger partial charge on any atom is 0.344 e. The number of H-pyrrole nitrogens is 1. The predicted octanol–water partition coefficient (Wildman–Crippen LogP) is 5.88. The van der Waals surface area contributed by atoms with Gasteiger partial charge in [-0.2, -0.15) is 0 Å². The highest BCUT2D eigenvalue weighted by Gasteiger charge is 2.33. The zero-order valence-electron chi connectivity index (χ0n) is 22.8. The Bertz CT molecular complexity index is 1640. The molecule has 1 fully saturated rings. The van der Waals surface area contributed by atoms with Crippen LogP contribution in [0.5, 0.6) is 17.2 Å². The number of ether oxygens (including phenoxy) is 3. The summed E-state index contributed by atoms with van der Waals surface area (Å²) in [6.07, 6.45) is 3.36. The van der Waals surface area contributed by atoms with Crippen LogP contribution in [0.4, 0.5) is 5.69 Å². The number of aromatic nitrogens is 1. The van der Waals surface area contributed by atoms with E-state index >= 15 is 0 Å². The fourth-order valence-corrected chi connectivity index (χ4v) is 5.41. The highest BCUT2D eigenvalue weighted by atomic mass is 32.2. The van der Waals surface area contributed by atoms with Crippen LogP contribution in [-0.4, -0.2) is 58.9 Å². The summed E-state index contributed by atoms with van der Waals surface area (Å²) in [5.74, 6) is 0.159. The van der Waals surface area contributed by atoms with E-state index in [2.05, 4.69) is 11.1 Å². The third-order valence-corrected chi connectivity index (χ3v) is 7.61. The molecule has 4 aromatic rings. The Balaban J connectivity index is 1.44. The molecule has 10 heteroatoms. The van der Waals surface area contributed by atoms with Gasteiger partial charge in [0, 0.05) is 23.6 Å². The van der Waals surface area contributed by atoms with Crippen LogP contribution in [0, 0.1) is 0 Å². The molecule has 0 bridgehead atoms. The molecule has 0 saturated carbocycles. The number of hydrogen-bond acceptors (Lipinski definition) is 7. The Morgan fingerprint density at radius 3 is 2.59 bits per heavy atom. The number of nitrogens with one attached hydrogen (secondary N) is 1. The van der Waals surface area contributed by atoms with E-state index in [1.807, 2.05) is 48.7 Å². The highest BCUT2D eigenvalue weighted by Crippen LogP contribution is 2.36. The number of benzene rings is 3. The fourth-order valence-electron chi connectivity index (χ4n) is 4.39. The number of carboxylic acid groups (broad SMARTS) is 1. The number of carboxylic acids is 1. The molecule has 9 nitrogen and oxygen atoms in total. The quantitative estimate of drug-likeness (QED) is 0.228. The highest BCUT2D eigenvalue weighted by molar-refractivity contribution is 8.18. The van der Waals surface area contributed by atoms with Crippen LogP contribution < -0.4 is 14.2 Å². The van der Waals surface area contributed by atoms with Gasteiger partial charge in [-0.25, -0.2) is 9.79 Å². The predicted molar refractivity (Wildman–Crippen MR) is 160 cm³/mol. The van der Waals surface area contributed by atoms with Crippen molar-refractivity contribution in [3.63, 3.8) is 0 Å². The standard InChI is InChI=1S/C31H29N3O6S/c1-19(30(36)37)40-26-13-8-20(16-27(26)39-3)17-28-29(35)34(15-14-21-18-32-25-7-5-4-6-24(21)25)31(41-28)33-22-9-11-23(38-2)12-10-22/h4-13,16-19,32H,14-15H2,1-3H3,(H,36,37)/b28-17+,33-31?/t19-/m0/s1. The topological polar surface area (TPSA) is 113 Å². The van der Waals surface area contributed by atoms with E-state index in [0.717, 1.165) is 22.2 Å². The van der Waals surface area contributed by atoms with Crippen molar-refractivity contribution in [2.24, 2.45) is 4.99 Å². The van der Waals surface area contributed by atoms with Crippen LogP contribution in [0.1, 0.15) is 18.1 Å². The summed E-state index contributed by atoms with van der Waals surface area (Å²) >= 11 is 1.30. The average Bonchev–Trinajstić information content (AvgIpc) is 3.52. The minimum atomic E-state index is -1.08. The second-order valence-corrected chi connectivity index (χ2v) is 10.3. The van der Waals surface area contributed by atoms with Crippen molar-refractivity contribution in [2.75, 3.05) is 20.8 Å². The Labute approximate surface area is 241 Å². The summed E-state index contributed by atoms with van der Waals surface area (Å²) in [4.78, 5) is 35.2. The summed E-state index contributed by atoms with van der Waals surface area (Å²) in [6.45, 7) is 1.89. The van der Waals surface area contributed by atoms with Gasteiger partial charge in [0.1, 0.15) is 5.75 Å². The summed E-state index contributed by atoms with van der Waals surface area (Å²) in [5.41, 5.74) is 3.58. The number of aliphatic imine (C=N–C) groups is 1. The minimum Gasteiger partial charge on any atom is -0.497 e. The third-order valence-electron chi connectivity index (χ3n) is 6.60. The number of carbonyl (C=O) groups is 2. The molecule has 0 unspecified atom stereocenters. The number of nitrogens with zero attached hydrogens (tertiary/aromatic N) is 2. The number of aromatic amines is 1. The number of rotatable bonds is 10. The molecule has 1 amide bonds. The number of methoxy groups -OCH3 is 2. The molecule has 210 valence electrons. The molecule has 41 heavy (non-hydrogen) atoms. The van der Waals surface area contributed by atoms with Crippen molar-refractivity contribution < 1.29 is 28.9 Å². The number of carbonyl (C=O) groups excluding carboxylic acids is 1. The minimum absolute atomic E-state index is 0.152. The summed E-state index contributed by atoms with van der Waals surface area (Å²) in [6, 6.07) is 20.5. The zero-order chi connectivity index (χ0) is 28.9. The molecule has 3 aromatic carbocycles. The molecule has 0 spiro atoms. The molecule has 5 rings (SSSR count). The number of para-hydroxylation sites is 1. The lowest BCUT2D eigenvalue weighted by molar-refractivity contribution is -0.144. The number of hydrogen-bond donors (Lipinski definition) is 2. The van der Waals surface area contributed by atoms with Gasteiger partial charge in [-0.15, -0.1) is 0 Å². The lowest BCUT2D eigenvalue weighted by atomic mass is 10.1. The SMILES string of the molecule is COc1ccc(N=C2S/C(=C/c3ccc(O[C@@H](C)C(=O)O)c(OC)c3)C(=O)N2CCc2c[nH]c3ccccc23)cc1. The van der Waals surface area contributed by atoms with E-state index in [4.69, 9.17) is 19.2 Å². The zero-order valence-corrected chi connectivity index (χ0v) is 23.6. The largest absolute Gasteiger partial charge is 0.497 e. The molecular weight excluding hydrogens is 542 g/mol. The van der Waals surface area contributed by atoms with Gasteiger partial charge in [0.15, 0.2) is 22.8 Å². The Morgan fingerprint density at radius 2 is 1.85 bits per heavy atom. The first kappa shape index (κ1) is 27.9. The first-order valence-corrected chi connectivity index (χ1v) is 13.7. The van der Waals surface area contributed by atoms with Crippen LogP contribution in [0.25, 0.3) is 17.0 Å². The summed E-state index contributed by atoms with van der Waals surface area (Å²) in [5, 5.41) is 10.9. The van der Waals surface area contributed by atoms with Gasteiger partial charge >= 0.3 is 5.97 Å². The van der Waals surface area contributed by atoms with Crippen LogP contribution in [0.2, 0.25) is 0 Å². The van der Waals surface area contributed by atoms with Crippen LogP contribution in [0.15, 0.2) is 82.8 Å². The van der Waals surface area contributed by atoms with Crippen LogP contribution in [-0.2, 0) is 16.0 Å². The molecular formula is C31H29N3O6S. The van der Waals surface area contributed by atoms with E-state index in [1.165, 1.54) is 25.8 Å². The molecule has 1 saturated heterocycles. The van der Waals surface area contributed by atoms with E-state index < -0.39 is 12.1 Å². The average molecular weight is 572 g/mol. The molecule has 2 N–H and O–H groups in total. The Morgan fingerprint density at radius 1 is 1.07 bits per heavy atom. The molecule has 1 aliphatic heterocycles. The molecule has 1 atom stereocenters. The molecule has 1 aromatic heterocycles. The van der Waals surface area contributed by atoms with Gasteiger partial charge in [-0.3, -0.25) is 9.69 Å². The third kappa shape index (κ3) is 6.22. The molecule has 2 heterocycles. The maximum atomic E-state index is 13.7. The molecule has 0 radical (unpaired) electrons. The normalized spacial score (nSPS) is 16.0. The van der Waals surface area contributed by atoms with Gasteiger partial charge in [-0.05, 0) is 84.8 Å². The summed E-state index contributed by atoms with van der Waals surface area (Å²) < 4.78 is 16.2. The van der Waals surface area contributed by atoms with E-state index in [1.54, 1.807) is 36.3 Å². The second kappa shape index (κ2) is 12.2. The monoisotopic (exact) mass is 571 g/mol. The van der Waals surface area contributed by atoms with Crippen LogP contribution >= 0.6 is 11.8 Å². The van der Waals surface area contributed by atoms with Crippen molar-refractivity contribution >= 4 is 51.5 Å². The van der Waals surface area contributed by atoms with Gasteiger partial charge in [0.2, 0.25) is 0 Å². The van der Waals surface area contributed by atoms with Crippen molar-refractivity contribution in [3.05, 3.63) is 89.0 Å². The summed E-state index contributed by atoms with van der Waals surface area (Å²) in [7, 11) is 3.09. The number of amidine groups is 1. The van der Waals surface area contributed by atoms with Gasteiger partial charge in [0.05, 0.1) is 24.8 Å². The van der Waals surface area contributed by atoms with Gasteiger partial charge in [0.25, 0.3) is 5.91 Å². The Hall–Kier alpha value is -4.70. The molecule has 1 aliphatic rings. The van der Waals surface area contributed by atoms with E-state index in [0.29, 0.717) is 45.8 Å². The number of fused-ring (bicyclic) bond motifs is 1. The fraction of sp³-hybridized carbons (Fsp3) is 0.194. The lowest BCUT2D eigenvalue weighted by Crippen LogP contribution is -2.31. The smallest absolute Gasteiger partial charge is 0.344 e. The van der Waals surface area contributed by atoms with Gasteiger partial charge < -0.3 is 24.3 Å². The molecule has 0 aliphatic carbocycles. The first-order valence-electron chi connectivity index (χ1n) is 12.9. The van der Waals surface area contributed by atoms with Crippen molar-refractivity contribution in [1.82, 2.24) is 9.88 Å². The lowest BCUT2D eigenvalue weighted by Gasteiger charge is -2.15. The number of thioether (sulfide) groups is 1. The second-order valence-electron chi connectivity index (χ2n) is 9.28. The Kier molecular flexibility index (Phi) is 8.30. The first-order chi connectivity index (χ1) is 19.9. The van der Waals surface area contributed by atoms with Crippen molar-refractivity contribution in [3.8, 4) is 17.2 Å². The van der Waals surface area contributed by atoms with Crippen molar-refractivity contribution in [1.29, 1.82) is 0 Å². The maximum absolute atomic E-state index is 13.7. The number of aliphatic carboxylic acids is 1.